The summed E-state index contributed by atoms with van der Waals surface area (Å²) in [6, 6.07) is 2.10. The first-order valence-corrected chi connectivity index (χ1v) is 5.61. The smallest absolute Gasteiger partial charge is 0.124 e. The molecule has 0 bridgehead atoms. The van der Waals surface area contributed by atoms with Crippen LogP contribution >= 0.6 is 38.6 Å². The molecule has 0 saturated heterocycles. The molecule has 2 aromatic heterocycles. The van der Waals surface area contributed by atoms with Gasteiger partial charge in [-0.2, -0.15) is 11.3 Å². The minimum absolute atomic E-state index is 0.945. The highest BCUT2D eigenvalue weighted by atomic mass is 79.9. The van der Waals surface area contributed by atoms with E-state index in [0.29, 0.717) is 0 Å². The first-order chi connectivity index (χ1) is 5.38. The van der Waals surface area contributed by atoms with Crippen LogP contribution in [0.3, 0.4) is 0 Å². The highest BCUT2D eigenvalue weighted by Gasteiger charge is 2.04. The van der Waals surface area contributed by atoms with Crippen LogP contribution in [0.25, 0.3) is 10.4 Å². The fraction of sp³-hybridized carbons (Fsp3) is 0. The van der Waals surface area contributed by atoms with E-state index >= 15 is 0 Å². The zero-order valence-corrected chi connectivity index (χ0v) is 8.67. The fourth-order valence-corrected chi connectivity index (χ4v) is 2.96. The van der Waals surface area contributed by atoms with E-state index in [2.05, 4.69) is 37.7 Å². The summed E-state index contributed by atoms with van der Waals surface area (Å²) in [6.07, 6.45) is 0. The first kappa shape index (κ1) is 7.46. The average molecular weight is 246 g/mol. The molecule has 0 radical (unpaired) electrons. The number of thiophene rings is 1. The maximum Gasteiger partial charge on any atom is 0.124 e. The summed E-state index contributed by atoms with van der Waals surface area (Å²) in [5.41, 5.74) is 3.10. The predicted octanol–water partition coefficient (Wildman–Crippen LogP) is 3.63. The van der Waals surface area contributed by atoms with Gasteiger partial charge in [0.1, 0.15) is 4.60 Å². The number of aromatic nitrogens is 1. The summed E-state index contributed by atoms with van der Waals surface area (Å²) in [7, 11) is 0. The third kappa shape index (κ3) is 1.38. The molecule has 0 spiro atoms. The summed E-state index contributed by atoms with van der Waals surface area (Å²) in [6.45, 7) is 0. The SMILES string of the molecule is Brc1ncsc1-c1ccsc1. The van der Waals surface area contributed by atoms with E-state index in [9.17, 15) is 0 Å². The van der Waals surface area contributed by atoms with Crippen LogP contribution in [-0.4, -0.2) is 4.98 Å². The van der Waals surface area contributed by atoms with E-state index in [1.165, 1.54) is 10.4 Å². The molecule has 4 heteroatoms. The van der Waals surface area contributed by atoms with E-state index in [1.807, 2.05) is 5.51 Å². The van der Waals surface area contributed by atoms with E-state index in [-0.39, 0.29) is 0 Å². The fourth-order valence-electron chi connectivity index (χ4n) is 0.813. The molecule has 2 heterocycles. The summed E-state index contributed by atoms with van der Waals surface area (Å²) in [5, 5.41) is 4.19. The lowest BCUT2D eigenvalue weighted by Gasteiger charge is -1.88. The van der Waals surface area contributed by atoms with Crippen molar-refractivity contribution in [2.75, 3.05) is 0 Å². The third-order valence-electron chi connectivity index (χ3n) is 1.31. The van der Waals surface area contributed by atoms with Crippen LogP contribution in [0, 0.1) is 0 Å². The van der Waals surface area contributed by atoms with Crippen molar-refractivity contribution in [2.45, 2.75) is 0 Å². The summed E-state index contributed by atoms with van der Waals surface area (Å²) in [4.78, 5) is 5.33. The minimum atomic E-state index is 0.945. The third-order valence-corrected chi connectivity index (χ3v) is 3.73. The van der Waals surface area contributed by atoms with Crippen molar-refractivity contribution in [1.29, 1.82) is 0 Å². The molecular weight excluding hydrogens is 242 g/mol. The maximum absolute atomic E-state index is 4.11. The molecule has 11 heavy (non-hydrogen) atoms. The van der Waals surface area contributed by atoms with Crippen molar-refractivity contribution in [3.8, 4) is 10.4 Å². The molecule has 0 aliphatic carbocycles. The second-order valence-corrected chi connectivity index (χ2v) is 4.37. The molecule has 1 nitrogen and oxygen atoms in total. The quantitative estimate of drug-likeness (QED) is 0.748. The Kier molecular flexibility index (Phi) is 2.07. The molecule has 0 atom stereocenters. The molecule has 2 rings (SSSR count). The Morgan fingerprint density at radius 3 is 2.91 bits per heavy atom. The van der Waals surface area contributed by atoms with Gasteiger partial charge in [0.15, 0.2) is 0 Å². The van der Waals surface area contributed by atoms with Gasteiger partial charge in [-0.3, -0.25) is 0 Å². The first-order valence-electron chi connectivity index (χ1n) is 2.99. The van der Waals surface area contributed by atoms with E-state index in [4.69, 9.17) is 0 Å². The molecule has 0 aliphatic rings. The van der Waals surface area contributed by atoms with E-state index < -0.39 is 0 Å². The normalized spacial score (nSPS) is 10.3. The second kappa shape index (κ2) is 3.05. The lowest BCUT2D eigenvalue weighted by Crippen LogP contribution is -1.66. The topological polar surface area (TPSA) is 12.9 Å². The monoisotopic (exact) mass is 245 g/mol. The van der Waals surface area contributed by atoms with Crippen LogP contribution < -0.4 is 0 Å². The van der Waals surface area contributed by atoms with Crippen molar-refractivity contribution in [2.24, 2.45) is 0 Å². The zero-order chi connectivity index (χ0) is 7.68. The van der Waals surface area contributed by atoms with E-state index in [0.717, 1.165) is 4.60 Å². The van der Waals surface area contributed by atoms with Gasteiger partial charge in [0, 0.05) is 5.56 Å². The second-order valence-electron chi connectivity index (χ2n) is 1.98. The number of hydrogen-bond donors (Lipinski definition) is 0. The lowest BCUT2D eigenvalue weighted by atomic mass is 10.3. The molecule has 0 amide bonds. The largest absolute Gasteiger partial charge is 0.237 e. The Hall–Kier alpha value is -0.190. The molecule has 0 fully saturated rings. The standard InChI is InChI=1S/C7H4BrNS2/c8-7-6(11-4-9-7)5-1-2-10-3-5/h1-4H. The number of thiazole rings is 1. The molecule has 56 valence electrons. The number of nitrogens with zero attached hydrogens (tertiary/aromatic N) is 1. The number of rotatable bonds is 1. The van der Waals surface area contributed by atoms with Crippen molar-refractivity contribution >= 4 is 38.6 Å². The van der Waals surface area contributed by atoms with Gasteiger partial charge in [-0.05, 0) is 32.8 Å². The Morgan fingerprint density at radius 2 is 2.36 bits per heavy atom. The summed E-state index contributed by atoms with van der Waals surface area (Å²) < 4.78 is 0.945. The van der Waals surface area contributed by atoms with Crippen molar-refractivity contribution in [1.82, 2.24) is 4.98 Å². The van der Waals surface area contributed by atoms with Crippen molar-refractivity contribution in [3.63, 3.8) is 0 Å². The van der Waals surface area contributed by atoms with Crippen molar-refractivity contribution in [3.05, 3.63) is 26.9 Å². The van der Waals surface area contributed by atoms with Crippen LogP contribution in [0.5, 0.6) is 0 Å². The molecule has 0 saturated carbocycles. The lowest BCUT2D eigenvalue weighted by molar-refractivity contribution is 1.37. The Morgan fingerprint density at radius 1 is 1.45 bits per heavy atom. The van der Waals surface area contributed by atoms with Gasteiger partial charge in [0.2, 0.25) is 0 Å². The van der Waals surface area contributed by atoms with Crippen LogP contribution in [0.2, 0.25) is 0 Å². The van der Waals surface area contributed by atoms with Gasteiger partial charge in [-0.15, -0.1) is 11.3 Å². The summed E-state index contributed by atoms with van der Waals surface area (Å²) >= 11 is 6.75. The Bertz CT molecular complexity index is 339. The van der Waals surface area contributed by atoms with Gasteiger partial charge in [-0.25, -0.2) is 4.98 Å². The van der Waals surface area contributed by atoms with Crippen molar-refractivity contribution < 1.29 is 0 Å². The van der Waals surface area contributed by atoms with Crippen LogP contribution in [0.1, 0.15) is 0 Å². The number of halogens is 1. The molecular formula is C7H4BrNS2. The van der Waals surface area contributed by atoms with Crippen LogP contribution in [0.4, 0.5) is 0 Å². The average Bonchev–Trinajstić information content (AvgIpc) is 2.55. The Balaban J connectivity index is 2.53. The van der Waals surface area contributed by atoms with E-state index in [1.54, 1.807) is 22.7 Å². The van der Waals surface area contributed by atoms with Gasteiger partial charge < -0.3 is 0 Å². The number of hydrogen-bond acceptors (Lipinski definition) is 3. The highest BCUT2D eigenvalue weighted by molar-refractivity contribution is 9.10. The van der Waals surface area contributed by atoms with Gasteiger partial charge in [0.25, 0.3) is 0 Å². The summed E-state index contributed by atoms with van der Waals surface area (Å²) in [5.74, 6) is 0. The highest BCUT2D eigenvalue weighted by Crippen LogP contribution is 2.32. The Labute approximate surface area is 80.9 Å². The molecule has 0 unspecified atom stereocenters. The van der Waals surface area contributed by atoms with Crippen LogP contribution in [0.15, 0.2) is 26.9 Å². The molecule has 0 N–H and O–H groups in total. The molecule has 0 aromatic carbocycles. The van der Waals surface area contributed by atoms with Gasteiger partial charge in [0.05, 0.1) is 10.4 Å². The molecule has 2 aromatic rings. The van der Waals surface area contributed by atoms with Gasteiger partial charge >= 0.3 is 0 Å². The predicted molar refractivity (Wildman–Crippen MR) is 53.1 cm³/mol. The minimum Gasteiger partial charge on any atom is -0.237 e. The maximum atomic E-state index is 4.11. The molecule has 0 aliphatic heterocycles. The van der Waals surface area contributed by atoms with Gasteiger partial charge in [-0.1, -0.05) is 0 Å². The van der Waals surface area contributed by atoms with Crippen LogP contribution in [-0.2, 0) is 0 Å². The zero-order valence-electron chi connectivity index (χ0n) is 5.45.